The fraction of sp³-hybridized carbons (Fsp3) is 0.350. The number of hydrogen-bond acceptors (Lipinski definition) is 6. The average Bonchev–Trinajstić information content (AvgIpc) is 3.18. The van der Waals surface area contributed by atoms with Gasteiger partial charge >= 0.3 is 0 Å². The van der Waals surface area contributed by atoms with Crippen molar-refractivity contribution in [1.29, 1.82) is 0 Å². The van der Waals surface area contributed by atoms with Gasteiger partial charge in [0.1, 0.15) is 0 Å². The SMILES string of the molecule is CC(c1cccnc1)N1CCN(Cc2noc(-c3ccccc3)n2)CC1. The normalized spacial score (nSPS) is 17.3. The van der Waals surface area contributed by atoms with Crippen molar-refractivity contribution in [2.75, 3.05) is 26.2 Å². The predicted octanol–water partition coefficient (Wildman–Crippen LogP) is 3.01. The molecule has 0 saturated carbocycles. The standard InChI is InChI=1S/C20H23N5O/c1-16(18-8-5-9-21-14-18)25-12-10-24(11-13-25)15-19-22-20(26-23-19)17-6-3-2-4-7-17/h2-9,14,16H,10-13,15H2,1H3. The number of piperazine rings is 1. The minimum absolute atomic E-state index is 0.390. The van der Waals surface area contributed by atoms with Gasteiger partial charge in [-0.25, -0.2) is 0 Å². The lowest BCUT2D eigenvalue weighted by Gasteiger charge is -2.37. The van der Waals surface area contributed by atoms with Crippen molar-refractivity contribution >= 4 is 0 Å². The van der Waals surface area contributed by atoms with E-state index in [-0.39, 0.29) is 0 Å². The molecule has 0 bridgehead atoms. The van der Waals surface area contributed by atoms with E-state index in [1.807, 2.05) is 48.8 Å². The zero-order valence-electron chi connectivity index (χ0n) is 15.0. The highest BCUT2D eigenvalue weighted by molar-refractivity contribution is 5.51. The first-order valence-corrected chi connectivity index (χ1v) is 9.04. The number of aromatic nitrogens is 3. The zero-order valence-corrected chi connectivity index (χ0v) is 15.0. The monoisotopic (exact) mass is 349 g/mol. The molecular weight excluding hydrogens is 326 g/mol. The third kappa shape index (κ3) is 3.81. The van der Waals surface area contributed by atoms with Crippen molar-refractivity contribution in [2.45, 2.75) is 19.5 Å². The summed E-state index contributed by atoms with van der Waals surface area (Å²) in [5, 5.41) is 4.14. The number of hydrogen-bond donors (Lipinski definition) is 0. The maximum absolute atomic E-state index is 5.40. The largest absolute Gasteiger partial charge is 0.334 e. The molecular formula is C20H23N5O. The first kappa shape index (κ1) is 16.9. The Labute approximate surface area is 153 Å². The van der Waals surface area contributed by atoms with Crippen LogP contribution in [-0.4, -0.2) is 51.1 Å². The molecule has 0 radical (unpaired) electrons. The van der Waals surface area contributed by atoms with Crippen molar-refractivity contribution in [3.05, 3.63) is 66.2 Å². The third-order valence-electron chi connectivity index (χ3n) is 4.98. The minimum Gasteiger partial charge on any atom is -0.334 e. The van der Waals surface area contributed by atoms with E-state index < -0.39 is 0 Å². The maximum atomic E-state index is 5.40. The van der Waals surface area contributed by atoms with Crippen LogP contribution >= 0.6 is 0 Å². The van der Waals surface area contributed by atoms with Gasteiger partial charge in [-0.1, -0.05) is 29.4 Å². The van der Waals surface area contributed by atoms with E-state index in [4.69, 9.17) is 4.52 Å². The van der Waals surface area contributed by atoms with Crippen LogP contribution in [-0.2, 0) is 6.54 Å². The van der Waals surface area contributed by atoms with Gasteiger partial charge in [0.05, 0.1) is 6.54 Å². The molecule has 0 N–H and O–H groups in total. The summed E-state index contributed by atoms with van der Waals surface area (Å²) in [6.45, 7) is 7.03. The van der Waals surface area contributed by atoms with Crippen LogP contribution in [0.2, 0.25) is 0 Å². The van der Waals surface area contributed by atoms with Gasteiger partial charge in [-0.2, -0.15) is 4.98 Å². The molecule has 1 saturated heterocycles. The van der Waals surface area contributed by atoms with Gasteiger partial charge in [-0.05, 0) is 30.7 Å². The Morgan fingerprint density at radius 2 is 1.85 bits per heavy atom. The molecule has 3 heterocycles. The van der Waals surface area contributed by atoms with Gasteiger partial charge in [0.2, 0.25) is 0 Å². The molecule has 26 heavy (non-hydrogen) atoms. The lowest BCUT2D eigenvalue weighted by molar-refractivity contribution is 0.0955. The molecule has 1 aliphatic rings. The van der Waals surface area contributed by atoms with Gasteiger partial charge in [-0.15, -0.1) is 0 Å². The minimum atomic E-state index is 0.390. The van der Waals surface area contributed by atoms with Crippen LogP contribution in [0.4, 0.5) is 0 Å². The Morgan fingerprint density at radius 1 is 1.04 bits per heavy atom. The Balaban J connectivity index is 1.32. The summed E-state index contributed by atoms with van der Waals surface area (Å²) in [7, 11) is 0. The second-order valence-electron chi connectivity index (χ2n) is 6.66. The molecule has 3 aromatic rings. The molecule has 0 amide bonds. The molecule has 1 aromatic carbocycles. The molecule has 1 aliphatic heterocycles. The quantitative estimate of drug-likeness (QED) is 0.706. The summed E-state index contributed by atoms with van der Waals surface area (Å²) < 4.78 is 5.40. The van der Waals surface area contributed by atoms with Crippen LogP contribution in [0, 0.1) is 0 Å². The second kappa shape index (κ2) is 7.76. The van der Waals surface area contributed by atoms with E-state index in [9.17, 15) is 0 Å². The molecule has 0 aliphatic carbocycles. The molecule has 1 atom stereocenters. The maximum Gasteiger partial charge on any atom is 0.257 e. The summed E-state index contributed by atoms with van der Waals surface area (Å²) in [6, 6.07) is 14.4. The highest BCUT2D eigenvalue weighted by Crippen LogP contribution is 2.21. The predicted molar refractivity (Wildman–Crippen MR) is 99.2 cm³/mol. The Morgan fingerprint density at radius 3 is 2.58 bits per heavy atom. The van der Waals surface area contributed by atoms with Crippen molar-refractivity contribution < 1.29 is 4.52 Å². The number of rotatable bonds is 5. The number of nitrogens with zero attached hydrogens (tertiary/aromatic N) is 5. The summed E-state index contributed by atoms with van der Waals surface area (Å²) in [6.07, 6.45) is 3.78. The van der Waals surface area contributed by atoms with Gasteiger partial charge < -0.3 is 4.52 Å². The van der Waals surface area contributed by atoms with Gasteiger partial charge in [0.15, 0.2) is 5.82 Å². The summed E-state index contributed by atoms with van der Waals surface area (Å²) in [5.74, 6) is 1.34. The van der Waals surface area contributed by atoms with E-state index in [1.165, 1.54) is 5.56 Å². The molecule has 134 valence electrons. The van der Waals surface area contributed by atoms with Crippen molar-refractivity contribution in [2.24, 2.45) is 0 Å². The van der Waals surface area contributed by atoms with Crippen LogP contribution in [0.25, 0.3) is 11.5 Å². The first-order chi connectivity index (χ1) is 12.8. The van der Waals surface area contributed by atoms with Gasteiger partial charge in [0, 0.05) is 50.2 Å². The van der Waals surface area contributed by atoms with E-state index in [0.29, 0.717) is 11.9 Å². The highest BCUT2D eigenvalue weighted by atomic mass is 16.5. The molecule has 2 aromatic heterocycles. The third-order valence-corrected chi connectivity index (χ3v) is 4.98. The van der Waals surface area contributed by atoms with Crippen LogP contribution < -0.4 is 0 Å². The molecule has 0 spiro atoms. The van der Waals surface area contributed by atoms with Gasteiger partial charge in [-0.3, -0.25) is 14.8 Å². The molecule has 4 rings (SSSR count). The summed E-state index contributed by atoms with van der Waals surface area (Å²) >= 11 is 0. The Kier molecular flexibility index (Phi) is 5.04. The van der Waals surface area contributed by atoms with Crippen molar-refractivity contribution in [3.8, 4) is 11.5 Å². The molecule has 6 nitrogen and oxygen atoms in total. The molecule has 1 unspecified atom stereocenters. The fourth-order valence-electron chi connectivity index (χ4n) is 3.36. The second-order valence-corrected chi connectivity index (χ2v) is 6.66. The van der Waals surface area contributed by atoms with E-state index in [2.05, 4.69) is 37.9 Å². The highest BCUT2D eigenvalue weighted by Gasteiger charge is 2.23. The van der Waals surface area contributed by atoms with E-state index in [0.717, 1.165) is 44.1 Å². The van der Waals surface area contributed by atoms with E-state index >= 15 is 0 Å². The zero-order chi connectivity index (χ0) is 17.8. The van der Waals surface area contributed by atoms with Crippen molar-refractivity contribution in [1.82, 2.24) is 24.9 Å². The smallest absolute Gasteiger partial charge is 0.257 e. The fourth-order valence-corrected chi connectivity index (χ4v) is 3.36. The van der Waals surface area contributed by atoms with E-state index in [1.54, 1.807) is 0 Å². The number of benzene rings is 1. The molecule has 6 heteroatoms. The Bertz CT molecular complexity index is 812. The Hall–Kier alpha value is -2.57. The first-order valence-electron chi connectivity index (χ1n) is 9.04. The van der Waals surface area contributed by atoms with Crippen LogP contribution in [0.3, 0.4) is 0 Å². The van der Waals surface area contributed by atoms with Gasteiger partial charge in [0.25, 0.3) is 5.89 Å². The average molecular weight is 349 g/mol. The molecule has 1 fully saturated rings. The number of pyridine rings is 1. The topological polar surface area (TPSA) is 58.3 Å². The van der Waals surface area contributed by atoms with Crippen LogP contribution in [0.1, 0.15) is 24.4 Å². The lowest BCUT2D eigenvalue weighted by atomic mass is 10.1. The van der Waals surface area contributed by atoms with Crippen LogP contribution in [0.15, 0.2) is 59.4 Å². The lowest BCUT2D eigenvalue weighted by Crippen LogP contribution is -2.46. The summed E-state index contributed by atoms with van der Waals surface area (Å²) in [5.41, 5.74) is 2.23. The van der Waals surface area contributed by atoms with Crippen LogP contribution in [0.5, 0.6) is 0 Å². The van der Waals surface area contributed by atoms with Crippen molar-refractivity contribution in [3.63, 3.8) is 0 Å². The summed E-state index contributed by atoms with van der Waals surface area (Å²) in [4.78, 5) is 13.6.